The number of hydrogen-bond acceptors (Lipinski definition) is 4. The standard InChI is InChI=1S/C25H20O4/c1-28-15-10-11-18-19(12-15)21-17-5-3-2-4-16(17)20(18)24-13-6-8-14(9-7-13)25(21,24)23(27)29-22(24)26/h2-6,8,10-14,20-21H,7,9H2,1H3/t13-,14+,20+,21-,24-,25-/m0/s1. The minimum absolute atomic E-state index is 0.0201. The van der Waals surface area contributed by atoms with Crippen LogP contribution in [0.5, 0.6) is 5.75 Å². The van der Waals surface area contributed by atoms with Gasteiger partial charge in [-0.1, -0.05) is 42.5 Å². The molecule has 1 saturated heterocycles. The lowest BCUT2D eigenvalue weighted by atomic mass is 9.32. The molecule has 4 bridgehead atoms. The molecule has 0 spiro atoms. The first-order valence-corrected chi connectivity index (χ1v) is 10.4. The van der Waals surface area contributed by atoms with Crippen LogP contribution in [0, 0.1) is 22.7 Å². The summed E-state index contributed by atoms with van der Waals surface area (Å²) < 4.78 is 11.1. The van der Waals surface area contributed by atoms with Crippen LogP contribution in [0.3, 0.4) is 0 Å². The molecule has 4 heteroatoms. The van der Waals surface area contributed by atoms with E-state index in [0.717, 1.165) is 29.7 Å². The van der Waals surface area contributed by atoms with E-state index in [4.69, 9.17) is 9.47 Å². The van der Waals surface area contributed by atoms with Gasteiger partial charge in [-0.3, -0.25) is 9.59 Å². The molecule has 7 aliphatic rings. The Hall–Kier alpha value is -2.88. The summed E-state index contributed by atoms with van der Waals surface area (Å²) in [7, 11) is 1.66. The highest BCUT2D eigenvalue weighted by atomic mass is 16.6. The number of cyclic esters (lactones) is 2. The number of rotatable bonds is 1. The number of allylic oxidation sites excluding steroid dienone is 2. The molecular weight excluding hydrogens is 364 g/mol. The zero-order valence-corrected chi connectivity index (χ0v) is 16.1. The number of carbonyl (C=O) groups excluding carboxylic acids is 2. The van der Waals surface area contributed by atoms with E-state index in [2.05, 4.69) is 36.4 Å². The van der Waals surface area contributed by atoms with Crippen LogP contribution in [0.15, 0.2) is 54.6 Å². The minimum atomic E-state index is -0.847. The molecule has 2 fully saturated rings. The van der Waals surface area contributed by atoms with Crippen molar-refractivity contribution in [1.82, 2.24) is 0 Å². The molecule has 6 aliphatic carbocycles. The summed E-state index contributed by atoms with van der Waals surface area (Å²) in [6, 6.07) is 14.5. The van der Waals surface area contributed by atoms with Gasteiger partial charge in [0.15, 0.2) is 0 Å². The van der Waals surface area contributed by atoms with Crippen LogP contribution in [0.1, 0.15) is 46.9 Å². The quantitative estimate of drug-likeness (QED) is 0.425. The smallest absolute Gasteiger partial charge is 0.322 e. The van der Waals surface area contributed by atoms with Gasteiger partial charge in [0.1, 0.15) is 16.6 Å². The van der Waals surface area contributed by atoms with Crippen molar-refractivity contribution in [1.29, 1.82) is 0 Å². The molecule has 0 unspecified atom stereocenters. The van der Waals surface area contributed by atoms with Gasteiger partial charge in [0.05, 0.1) is 7.11 Å². The number of benzene rings is 2. The normalized spacial score (nSPS) is 39.5. The summed E-state index contributed by atoms with van der Waals surface area (Å²) in [6.07, 6.45) is 6.24. The SMILES string of the molecule is COc1ccc2c(c1)[C@@H]1c3ccccc3[C@H]2[C@@]23C(=O)OC(=O)[C@]12[C@@H]1C=C[C@H]3CC1. The predicted octanol–water partition coefficient (Wildman–Crippen LogP) is 3.94. The van der Waals surface area contributed by atoms with E-state index >= 15 is 0 Å². The van der Waals surface area contributed by atoms with Crippen LogP contribution in [0.25, 0.3) is 0 Å². The van der Waals surface area contributed by atoms with Crippen molar-refractivity contribution in [3.8, 4) is 5.75 Å². The van der Waals surface area contributed by atoms with Gasteiger partial charge in [0.25, 0.3) is 0 Å². The van der Waals surface area contributed by atoms with Crippen molar-refractivity contribution >= 4 is 11.9 Å². The molecule has 0 aromatic heterocycles. The number of fused-ring (bicyclic) bond motifs is 1. The Labute approximate surface area is 168 Å². The summed E-state index contributed by atoms with van der Waals surface area (Å²) in [4.78, 5) is 27.2. The molecule has 2 aromatic carbocycles. The summed E-state index contributed by atoms with van der Waals surface area (Å²) in [5, 5.41) is 0. The highest BCUT2D eigenvalue weighted by Gasteiger charge is 2.84. The number of esters is 2. The molecule has 1 heterocycles. The van der Waals surface area contributed by atoms with Crippen LogP contribution >= 0.6 is 0 Å². The molecule has 29 heavy (non-hydrogen) atoms. The highest BCUT2D eigenvalue weighted by molar-refractivity contribution is 6.07. The average molecular weight is 384 g/mol. The Kier molecular flexibility index (Phi) is 2.65. The highest BCUT2D eigenvalue weighted by Crippen LogP contribution is 2.80. The number of carbonyl (C=O) groups is 2. The molecule has 0 amide bonds. The van der Waals surface area contributed by atoms with Gasteiger partial charge in [-0.2, -0.15) is 0 Å². The fourth-order valence-corrected chi connectivity index (χ4v) is 7.77. The van der Waals surface area contributed by atoms with E-state index in [0.29, 0.717) is 0 Å². The molecule has 0 N–H and O–H groups in total. The van der Waals surface area contributed by atoms with Crippen molar-refractivity contribution in [2.24, 2.45) is 22.7 Å². The third kappa shape index (κ3) is 1.39. The fourth-order valence-electron chi connectivity index (χ4n) is 7.77. The predicted molar refractivity (Wildman–Crippen MR) is 104 cm³/mol. The largest absolute Gasteiger partial charge is 0.497 e. The maximum atomic E-state index is 13.6. The van der Waals surface area contributed by atoms with Gasteiger partial charge >= 0.3 is 11.9 Å². The van der Waals surface area contributed by atoms with Crippen molar-refractivity contribution in [3.63, 3.8) is 0 Å². The zero-order valence-electron chi connectivity index (χ0n) is 16.1. The van der Waals surface area contributed by atoms with Crippen LogP contribution in [-0.2, 0) is 14.3 Å². The average Bonchev–Trinajstić information content (AvgIpc) is 3.04. The fraction of sp³-hybridized carbons (Fsp3) is 0.360. The Bertz CT molecular complexity index is 1160. The molecule has 2 aromatic rings. The maximum Gasteiger partial charge on any atom is 0.322 e. The van der Waals surface area contributed by atoms with E-state index in [-0.39, 0.29) is 35.6 Å². The van der Waals surface area contributed by atoms with Crippen molar-refractivity contribution in [3.05, 3.63) is 76.9 Å². The van der Waals surface area contributed by atoms with Gasteiger partial charge < -0.3 is 9.47 Å². The molecule has 144 valence electrons. The third-order valence-electron chi connectivity index (χ3n) is 8.52. The lowest BCUT2D eigenvalue weighted by molar-refractivity contribution is -0.161. The van der Waals surface area contributed by atoms with Gasteiger partial charge in [-0.15, -0.1) is 0 Å². The summed E-state index contributed by atoms with van der Waals surface area (Å²) in [5.41, 5.74) is 2.94. The van der Waals surface area contributed by atoms with Gasteiger partial charge in [0, 0.05) is 11.8 Å². The van der Waals surface area contributed by atoms with Gasteiger partial charge in [-0.05, 0) is 59.1 Å². The van der Waals surface area contributed by atoms with E-state index < -0.39 is 10.8 Å². The summed E-state index contributed by atoms with van der Waals surface area (Å²) in [5.74, 6) is -0.155. The van der Waals surface area contributed by atoms with Crippen molar-refractivity contribution < 1.29 is 19.1 Å². The number of ether oxygens (including phenoxy) is 2. The lowest BCUT2D eigenvalue weighted by Gasteiger charge is -2.66. The molecule has 6 atom stereocenters. The van der Waals surface area contributed by atoms with Crippen molar-refractivity contribution in [2.75, 3.05) is 7.11 Å². The summed E-state index contributed by atoms with van der Waals surface area (Å²) in [6.45, 7) is 0. The van der Waals surface area contributed by atoms with Crippen LogP contribution in [0.2, 0.25) is 0 Å². The Morgan fingerprint density at radius 2 is 1.38 bits per heavy atom. The topological polar surface area (TPSA) is 52.6 Å². The Morgan fingerprint density at radius 3 is 1.93 bits per heavy atom. The molecular formula is C25H20O4. The Balaban J connectivity index is 1.68. The second kappa shape index (κ2) is 4.81. The molecule has 1 aliphatic heterocycles. The van der Waals surface area contributed by atoms with Crippen LogP contribution in [0.4, 0.5) is 0 Å². The maximum absolute atomic E-state index is 13.6. The van der Waals surface area contributed by atoms with Crippen LogP contribution in [-0.4, -0.2) is 19.0 Å². The summed E-state index contributed by atoms with van der Waals surface area (Å²) >= 11 is 0. The molecule has 4 nitrogen and oxygen atoms in total. The monoisotopic (exact) mass is 384 g/mol. The molecule has 0 radical (unpaired) electrons. The minimum Gasteiger partial charge on any atom is -0.497 e. The second-order valence-electron chi connectivity index (χ2n) is 9.08. The van der Waals surface area contributed by atoms with E-state index in [9.17, 15) is 9.59 Å². The van der Waals surface area contributed by atoms with Gasteiger partial charge in [-0.25, -0.2) is 0 Å². The third-order valence-corrected chi connectivity index (χ3v) is 8.52. The number of hydrogen-bond donors (Lipinski definition) is 0. The number of methoxy groups -OCH3 is 1. The molecule has 9 rings (SSSR count). The molecule has 1 saturated carbocycles. The first-order valence-electron chi connectivity index (χ1n) is 10.4. The van der Waals surface area contributed by atoms with E-state index in [1.807, 2.05) is 18.2 Å². The van der Waals surface area contributed by atoms with Crippen molar-refractivity contribution in [2.45, 2.75) is 24.7 Å². The first kappa shape index (κ1) is 16.0. The van der Waals surface area contributed by atoms with Gasteiger partial charge in [0.2, 0.25) is 0 Å². The first-order chi connectivity index (χ1) is 14.2. The second-order valence-corrected chi connectivity index (χ2v) is 9.08. The van der Waals surface area contributed by atoms with E-state index in [1.54, 1.807) is 7.11 Å². The van der Waals surface area contributed by atoms with Crippen LogP contribution < -0.4 is 4.74 Å². The zero-order chi connectivity index (χ0) is 19.5. The Morgan fingerprint density at radius 1 is 0.828 bits per heavy atom. The van der Waals surface area contributed by atoms with E-state index in [1.165, 1.54) is 11.1 Å². The lowest BCUT2D eigenvalue weighted by Crippen LogP contribution is -2.67.